The number of hydrogen-bond donors (Lipinski definition) is 3. The number of imidazole rings is 1. The van der Waals surface area contributed by atoms with Crippen LogP contribution in [0.4, 0.5) is 10.2 Å². The molecule has 1 aromatic heterocycles. The minimum atomic E-state index is -0.715. The Morgan fingerprint density at radius 3 is 2.36 bits per heavy atom. The number of halogens is 1. The number of carbonyl (C=O) groups excluding carboxylic acids is 1. The van der Waals surface area contributed by atoms with Crippen LogP contribution in [0.3, 0.4) is 0 Å². The van der Waals surface area contributed by atoms with Crippen molar-refractivity contribution >= 4 is 11.7 Å². The molecular formula is C26H31FN3O3. The van der Waals surface area contributed by atoms with Gasteiger partial charge in [0.1, 0.15) is 11.6 Å². The number of nitrogens with zero attached hydrogens (tertiary/aromatic N) is 2. The number of carbonyl (C=O) groups is 1. The molecule has 1 amide bonds. The first-order valence-corrected chi connectivity index (χ1v) is 11.2. The number of rotatable bonds is 10. The van der Waals surface area contributed by atoms with Crippen LogP contribution in [-0.4, -0.2) is 37.9 Å². The molecule has 0 fully saturated rings. The van der Waals surface area contributed by atoms with E-state index in [2.05, 4.69) is 12.2 Å². The Kier molecular flexibility index (Phi) is 8.36. The largest absolute Gasteiger partial charge is 0.393 e. The van der Waals surface area contributed by atoms with Crippen molar-refractivity contribution in [3.63, 3.8) is 0 Å². The maximum absolute atomic E-state index is 13.5. The van der Waals surface area contributed by atoms with E-state index in [1.54, 1.807) is 36.4 Å². The van der Waals surface area contributed by atoms with Crippen LogP contribution in [0.5, 0.6) is 0 Å². The zero-order valence-corrected chi connectivity index (χ0v) is 19.0. The summed E-state index contributed by atoms with van der Waals surface area (Å²) in [6.45, 7) is 8.09. The van der Waals surface area contributed by atoms with Gasteiger partial charge >= 0.3 is 0 Å². The highest BCUT2D eigenvalue weighted by atomic mass is 19.1. The van der Waals surface area contributed by atoms with Gasteiger partial charge < -0.3 is 20.1 Å². The van der Waals surface area contributed by atoms with E-state index < -0.39 is 12.2 Å². The first-order chi connectivity index (χ1) is 15.8. The van der Waals surface area contributed by atoms with Crippen LogP contribution in [0.25, 0.3) is 11.4 Å². The SMILES string of the molecule is [CH2]CC(O)CC(O)CCn1c(-c2ccc(F)cc2)nc(NC(=O)c2ccccc2)c1C(C)C. The van der Waals surface area contributed by atoms with Crippen LogP contribution in [0, 0.1) is 12.7 Å². The molecule has 0 spiro atoms. The van der Waals surface area contributed by atoms with Crippen molar-refractivity contribution in [1.82, 2.24) is 9.55 Å². The Morgan fingerprint density at radius 1 is 1.09 bits per heavy atom. The molecule has 1 radical (unpaired) electrons. The smallest absolute Gasteiger partial charge is 0.256 e. The Labute approximate surface area is 194 Å². The lowest BCUT2D eigenvalue weighted by atomic mass is 10.1. The zero-order valence-electron chi connectivity index (χ0n) is 19.0. The van der Waals surface area contributed by atoms with Gasteiger partial charge in [0, 0.05) is 17.7 Å². The highest BCUT2D eigenvalue weighted by Gasteiger charge is 2.23. The van der Waals surface area contributed by atoms with Crippen molar-refractivity contribution in [3.05, 3.63) is 78.6 Å². The predicted octanol–water partition coefficient (Wildman–Crippen LogP) is 4.79. The van der Waals surface area contributed by atoms with Gasteiger partial charge in [-0.3, -0.25) is 4.79 Å². The number of anilines is 1. The molecule has 6 nitrogen and oxygen atoms in total. The fourth-order valence-corrected chi connectivity index (χ4v) is 3.79. The van der Waals surface area contributed by atoms with Crippen molar-refractivity contribution in [3.8, 4) is 11.4 Å². The van der Waals surface area contributed by atoms with Crippen molar-refractivity contribution in [2.24, 2.45) is 0 Å². The summed E-state index contributed by atoms with van der Waals surface area (Å²) in [4.78, 5) is 17.5. The average Bonchev–Trinajstić information content (AvgIpc) is 3.16. The Morgan fingerprint density at radius 2 is 1.76 bits per heavy atom. The maximum atomic E-state index is 13.5. The second-order valence-corrected chi connectivity index (χ2v) is 8.42. The molecule has 2 atom stereocenters. The molecule has 0 aliphatic carbocycles. The average molecular weight is 453 g/mol. The van der Waals surface area contributed by atoms with Gasteiger partial charge in [-0.2, -0.15) is 0 Å². The van der Waals surface area contributed by atoms with E-state index in [0.29, 0.717) is 42.2 Å². The molecule has 0 saturated heterocycles. The van der Waals surface area contributed by atoms with Crippen LogP contribution in [0.15, 0.2) is 54.6 Å². The Hall–Kier alpha value is -3.03. The lowest BCUT2D eigenvalue weighted by Crippen LogP contribution is -2.20. The maximum Gasteiger partial charge on any atom is 0.256 e. The van der Waals surface area contributed by atoms with E-state index >= 15 is 0 Å². The van der Waals surface area contributed by atoms with Gasteiger partial charge in [0.15, 0.2) is 5.82 Å². The molecule has 175 valence electrons. The molecule has 3 N–H and O–H groups in total. The molecule has 0 aliphatic rings. The summed E-state index contributed by atoms with van der Waals surface area (Å²) in [6, 6.07) is 14.9. The minimum Gasteiger partial charge on any atom is -0.393 e. The van der Waals surface area contributed by atoms with Gasteiger partial charge in [0.05, 0.1) is 17.9 Å². The van der Waals surface area contributed by atoms with Crippen LogP contribution in [0.2, 0.25) is 0 Å². The number of aliphatic hydroxyl groups excluding tert-OH is 2. The standard InChI is InChI=1S/C26H31FN3O3/c1-4-21(31)16-22(32)14-15-30-23(17(2)3)24(29-26(33)19-8-6-5-7-9-19)28-25(30)18-10-12-20(27)13-11-18/h5-13,17,21-22,31-32H,1,4,14-16H2,2-3H3,(H,29,33). The van der Waals surface area contributed by atoms with Crippen molar-refractivity contribution in [2.75, 3.05) is 5.32 Å². The third-order valence-corrected chi connectivity index (χ3v) is 5.49. The summed E-state index contributed by atoms with van der Waals surface area (Å²) >= 11 is 0. The molecule has 1 heterocycles. The van der Waals surface area contributed by atoms with E-state index in [1.165, 1.54) is 12.1 Å². The molecule has 33 heavy (non-hydrogen) atoms. The summed E-state index contributed by atoms with van der Waals surface area (Å²) in [5, 5.41) is 23.1. The molecule has 3 aromatic rings. The summed E-state index contributed by atoms with van der Waals surface area (Å²) in [5.41, 5.74) is 2.02. The van der Waals surface area contributed by atoms with E-state index in [-0.39, 0.29) is 24.1 Å². The zero-order chi connectivity index (χ0) is 24.0. The van der Waals surface area contributed by atoms with Crippen LogP contribution in [0.1, 0.15) is 55.1 Å². The van der Waals surface area contributed by atoms with E-state index in [0.717, 1.165) is 5.69 Å². The van der Waals surface area contributed by atoms with E-state index in [9.17, 15) is 19.4 Å². The molecule has 0 bridgehead atoms. The van der Waals surface area contributed by atoms with Crippen LogP contribution >= 0.6 is 0 Å². The van der Waals surface area contributed by atoms with Crippen LogP contribution < -0.4 is 5.32 Å². The van der Waals surface area contributed by atoms with Crippen molar-refractivity contribution < 1.29 is 19.4 Å². The second-order valence-electron chi connectivity index (χ2n) is 8.42. The van der Waals surface area contributed by atoms with E-state index in [4.69, 9.17) is 4.98 Å². The number of hydrogen-bond acceptors (Lipinski definition) is 4. The fraction of sp³-hybridized carbons (Fsp3) is 0.346. The molecule has 0 aliphatic heterocycles. The highest BCUT2D eigenvalue weighted by Crippen LogP contribution is 2.32. The lowest BCUT2D eigenvalue weighted by Gasteiger charge is -2.19. The normalized spacial score (nSPS) is 13.2. The molecule has 3 rings (SSSR count). The number of aromatic nitrogens is 2. The van der Waals surface area contributed by atoms with Gasteiger partial charge in [0.25, 0.3) is 5.91 Å². The summed E-state index contributed by atoms with van der Waals surface area (Å²) in [5.74, 6) is 0.403. The van der Waals surface area contributed by atoms with Gasteiger partial charge in [0.2, 0.25) is 0 Å². The molecule has 7 heteroatoms. The first kappa shape index (κ1) is 24.6. The summed E-state index contributed by atoms with van der Waals surface area (Å²) < 4.78 is 15.5. The van der Waals surface area contributed by atoms with Gasteiger partial charge in [-0.1, -0.05) is 39.0 Å². The van der Waals surface area contributed by atoms with E-state index in [1.807, 2.05) is 24.5 Å². The monoisotopic (exact) mass is 452 g/mol. The number of benzene rings is 2. The molecule has 0 saturated carbocycles. The van der Waals surface area contributed by atoms with Crippen molar-refractivity contribution in [2.45, 2.75) is 57.8 Å². The van der Waals surface area contributed by atoms with Gasteiger partial charge in [-0.05, 0) is 61.6 Å². The van der Waals surface area contributed by atoms with Gasteiger partial charge in [-0.25, -0.2) is 9.37 Å². The Bertz CT molecular complexity index is 1050. The lowest BCUT2D eigenvalue weighted by molar-refractivity contribution is 0.0742. The second kappa shape index (κ2) is 11.2. The van der Waals surface area contributed by atoms with Gasteiger partial charge in [-0.15, -0.1) is 0 Å². The summed E-state index contributed by atoms with van der Waals surface area (Å²) in [6.07, 6.45) is -0.431. The predicted molar refractivity (Wildman–Crippen MR) is 127 cm³/mol. The molecule has 2 unspecified atom stereocenters. The fourth-order valence-electron chi connectivity index (χ4n) is 3.79. The minimum absolute atomic E-state index is 0.0142. The van der Waals surface area contributed by atoms with Crippen molar-refractivity contribution in [1.29, 1.82) is 0 Å². The first-order valence-electron chi connectivity index (χ1n) is 11.2. The third-order valence-electron chi connectivity index (χ3n) is 5.49. The molecular weight excluding hydrogens is 421 g/mol. The van der Waals surface area contributed by atoms with Crippen LogP contribution in [-0.2, 0) is 6.54 Å². The summed E-state index contributed by atoms with van der Waals surface area (Å²) in [7, 11) is 0. The Balaban J connectivity index is 1.98. The third kappa shape index (κ3) is 6.27. The number of nitrogens with one attached hydrogen (secondary N) is 1. The number of amides is 1. The highest BCUT2D eigenvalue weighted by molar-refractivity contribution is 6.04. The number of aliphatic hydroxyl groups is 2. The quantitative estimate of drug-likeness (QED) is 0.413. The topological polar surface area (TPSA) is 87.4 Å². The molecule has 2 aromatic carbocycles.